The number of imide groups is 1. The summed E-state index contributed by atoms with van der Waals surface area (Å²) in [6.45, 7) is 10.7. The number of ether oxygens (including phenoxy) is 1. The molecule has 0 bridgehead atoms. The number of hydrogen-bond acceptors (Lipinski definition) is 8. The van der Waals surface area contributed by atoms with Crippen LogP contribution in [0.5, 0.6) is 0 Å². The smallest absolute Gasteiger partial charge is 0.433 e. The molecule has 3 aromatic rings. The van der Waals surface area contributed by atoms with Crippen LogP contribution in [-0.2, 0) is 38.4 Å². The van der Waals surface area contributed by atoms with Crippen molar-refractivity contribution in [1.82, 2.24) is 24.7 Å². The molecule has 0 radical (unpaired) electrons. The lowest BCUT2D eigenvalue weighted by molar-refractivity contribution is -0.144. The number of carbonyl (C=O) groups excluding carboxylic acids is 4. The van der Waals surface area contributed by atoms with E-state index in [1.54, 1.807) is 39.8 Å². The predicted molar refractivity (Wildman–Crippen MR) is 162 cm³/mol. The monoisotopic (exact) mass is 657 g/mol. The summed E-state index contributed by atoms with van der Waals surface area (Å²) in [5.74, 6) is -1.44. The largest absolute Gasteiger partial charge is 0.444 e. The first kappa shape index (κ1) is 31.9. The number of halogens is 3. The molecule has 2 unspecified atom stereocenters. The maximum atomic E-state index is 14.0. The predicted octanol–water partition coefficient (Wildman–Crippen LogP) is 5.41. The summed E-state index contributed by atoms with van der Waals surface area (Å²) < 4.78 is 48.0. The SMILES string of the molecule is Cc1cc(C(F)(F)F)nc(-c2ccnc3cc(CN4C(=O)C5C(C4=O)C5(C)C)sc23)c1CN1CCN(C(=O)OC(C)(C)C)CC1=O. The van der Waals surface area contributed by atoms with Gasteiger partial charge < -0.3 is 9.64 Å². The lowest BCUT2D eigenvalue weighted by Gasteiger charge is -2.35. The molecule has 1 saturated carbocycles. The minimum Gasteiger partial charge on any atom is -0.444 e. The molecule has 3 aliphatic rings. The number of hydrogen-bond donors (Lipinski definition) is 0. The highest BCUT2D eigenvalue weighted by molar-refractivity contribution is 7.19. The van der Waals surface area contributed by atoms with Crippen molar-refractivity contribution < 1.29 is 37.1 Å². The van der Waals surface area contributed by atoms with E-state index in [-0.39, 0.29) is 73.4 Å². The fourth-order valence-corrected chi connectivity index (χ4v) is 7.50. The van der Waals surface area contributed by atoms with Gasteiger partial charge in [-0.1, -0.05) is 13.8 Å². The standard InChI is InChI=1S/C32H34F3N5O5S/c1-16-11-21(32(33,34)35)37-25(19(16)14-38-9-10-39(15-22(38)41)29(44)45-30(2,3)4)18-7-8-36-20-12-17(46-26(18)20)13-40-27(42)23-24(28(40)43)31(23,5)6/h7-8,11-12,23-24H,9-10,13-15H2,1-6H3. The molecule has 2 saturated heterocycles. The molecule has 0 spiro atoms. The van der Waals surface area contributed by atoms with Crippen LogP contribution in [0.2, 0.25) is 0 Å². The number of pyridine rings is 2. The average molecular weight is 658 g/mol. The van der Waals surface area contributed by atoms with Crippen molar-refractivity contribution >= 4 is 45.4 Å². The van der Waals surface area contributed by atoms with E-state index < -0.39 is 23.6 Å². The Morgan fingerprint density at radius 3 is 2.35 bits per heavy atom. The molecule has 1 aliphatic carbocycles. The number of alkyl halides is 3. The maximum absolute atomic E-state index is 14.0. The van der Waals surface area contributed by atoms with Gasteiger partial charge in [0.2, 0.25) is 17.7 Å². The molecule has 5 heterocycles. The number of likely N-dealkylation sites (tertiary alicyclic amines) is 1. The molecule has 3 aromatic heterocycles. The number of thiophene rings is 1. The average Bonchev–Trinajstić information content (AvgIpc) is 3.18. The van der Waals surface area contributed by atoms with Crippen molar-refractivity contribution in [3.8, 4) is 11.3 Å². The zero-order valence-corrected chi connectivity index (χ0v) is 27.1. The van der Waals surface area contributed by atoms with Gasteiger partial charge in [-0.25, -0.2) is 9.78 Å². The van der Waals surface area contributed by atoms with Crippen LogP contribution in [0, 0.1) is 24.2 Å². The van der Waals surface area contributed by atoms with Crippen molar-refractivity contribution in [1.29, 1.82) is 0 Å². The van der Waals surface area contributed by atoms with Crippen molar-refractivity contribution in [2.75, 3.05) is 19.6 Å². The molecule has 14 heteroatoms. The summed E-state index contributed by atoms with van der Waals surface area (Å²) in [5.41, 5.74) is -0.456. The van der Waals surface area contributed by atoms with Gasteiger partial charge in [-0.2, -0.15) is 13.2 Å². The molecule has 10 nitrogen and oxygen atoms in total. The Hall–Kier alpha value is -4.07. The van der Waals surface area contributed by atoms with Gasteiger partial charge in [-0.15, -0.1) is 11.3 Å². The van der Waals surface area contributed by atoms with Crippen LogP contribution >= 0.6 is 11.3 Å². The van der Waals surface area contributed by atoms with Crippen LogP contribution in [0.15, 0.2) is 24.4 Å². The number of aromatic nitrogens is 2. The van der Waals surface area contributed by atoms with Gasteiger partial charge in [0.05, 0.1) is 34.3 Å². The van der Waals surface area contributed by atoms with Crippen LogP contribution in [0.4, 0.5) is 18.0 Å². The highest BCUT2D eigenvalue weighted by Gasteiger charge is 2.72. The van der Waals surface area contributed by atoms with E-state index in [0.717, 1.165) is 6.07 Å². The van der Waals surface area contributed by atoms with Gasteiger partial charge in [0.25, 0.3) is 0 Å². The van der Waals surface area contributed by atoms with Crippen LogP contribution in [0.3, 0.4) is 0 Å². The van der Waals surface area contributed by atoms with Crippen molar-refractivity contribution in [2.24, 2.45) is 17.3 Å². The van der Waals surface area contributed by atoms with Crippen molar-refractivity contribution in [3.63, 3.8) is 0 Å². The number of rotatable bonds is 5. The number of amides is 4. The quantitative estimate of drug-likeness (QED) is 0.338. The fourth-order valence-electron chi connectivity index (χ4n) is 6.38. The summed E-state index contributed by atoms with van der Waals surface area (Å²) >= 11 is 1.24. The molecular formula is C32H34F3N5O5S. The molecule has 6 rings (SSSR count). The second-order valence-corrected chi connectivity index (χ2v) is 14.8. The first-order chi connectivity index (χ1) is 21.4. The van der Waals surface area contributed by atoms with Crippen LogP contribution in [-0.4, -0.2) is 73.7 Å². The number of nitrogens with zero attached hydrogens (tertiary/aromatic N) is 5. The van der Waals surface area contributed by atoms with Gasteiger partial charge in [0.1, 0.15) is 17.8 Å². The Bertz CT molecular complexity index is 1770. The van der Waals surface area contributed by atoms with Gasteiger partial charge in [0, 0.05) is 41.8 Å². The van der Waals surface area contributed by atoms with E-state index in [4.69, 9.17) is 4.74 Å². The molecule has 46 heavy (non-hydrogen) atoms. The Labute approximate surface area is 267 Å². The second kappa shape index (κ2) is 10.7. The number of piperidine rings is 1. The highest BCUT2D eigenvalue weighted by atomic mass is 32.1. The third-order valence-corrected chi connectivity index (χ3v) is 10.0. The van der Waals surface area contributed by atoms with Crippen LogP contribution < -0.4 is 0 Å². The van der Waals surface area contributed by atoms with E-state index in [2.05, 4.69) is 9.97 Å². The van der Waals surface area contributed by atoms with Gasteiger partial charge in [-0.3, -0.25) is 29.2 Å². The molecule has 0 N–H and O–H groups in total. The molecule has 2 aliphatic heterocycles. The highest BCUT2D eigenvalue weighted by Crippen LogP contribution is 2.63. The fraction of sp³-hybridized carbons (Fsp3) is 0.500. The topological polar surface area (TPSA) is 113 Å². The molecule has 3 fully saturated rings. The molecule has 0 aromatic carbocycles. The molecular weight excluding hydrogens is 623 g/mol. The summed E-state index contributed by atoms with van der Waals surface area (Å²) in [6, 6.07) is 4.29. The number of piperazine rings is 1. The minimum absolute atomic E-state index is 0.0231. The summed E-state index contributed by atoms with van der Waals surface area (Å²) in [4.78, 5) is 64.8. The molecule has 4 amide bonds. The van der Waals surface area contributed by atoms with Crippen molar-refractivity contribution in [2.45, 2.75) is 66.4 Å². The van der Waals surface area contributed by atoms with E-state index in [1.165, 1.54) is 32.2 Å². The van der Waals surface area contributed by atoms with E-state index >= 15 is 0 Å². The number of fused-ring (bicyclic) bond motifs is 2. The number of carbonyl (C=O) groups is 4. The van der Waals surface area contributed by atoms with Crippen molar-refractivity contribution in [3.05, 3.63) is 46.1 Å². The Balaban J connectivity index is 1.32. The first-order valence-corrected chi connectivity index (χ1v) is 15.7. The Morgan fingerprint density at radius 1 is 1.07 bits per heavy atom. The third kappa shape index (κ3) is 5.60. The van der Waals surface area contributed by atoms with Gasteiger partial charge in [-0.05, 0) is 56.9 Å². The third-order valence-electron chi connectivity index (χ3n) is 8.88. The lowest BCUT2D eigenvalue weighted by Crippen LogP contribution is -2.52. The maximum Gasteiger partial charge on any atom is 0.433 e. The first-order valence-electron chi connectivity index (χ1n) is 14.9. The summed E-state index contributed by atoms with van der Waals surface area (Å²) in [5, 5.41) is 0. The second-order valence-electron chi connectivity index (χ2n) is 13.7. The number of aryl methyl sites for hydroxylation is 1. The Kier molecular flexibility index (Phi) is 7.45. The van der Waals surface area contributed by atoms with E-state index in [1.807, 2.05) is 13.8 Å². The van der Waals surface area contributed by atoms with Crippen LogP contribution in [0.25, 0.3) is 21.5 Å². The van der Waals surface area contributed by atoms with Gasteiger partial charge >= 0.3 is 12.3 Å². The van der Waals surface area contributed by atoms with Crippen LogP contribution in [0.1, 0.15) is 56.3 Å². The zero-order chi connectivity index (χ0) is 33.5. The normalized spacial score (nSPS) is 21.3. The zero-order valence-electron chi connectivity index (χ0n) is 26.3. The molecule has 244 valence electrons. The molecule has 2 atom stereocenters. The van der Waals surface area contributed by atoms with E-state index in [9.17, 15) is 32.3 Å². The lowest BCUT2D eigenvalue weighted by atomic mass is 9.99. The van der Waals surface area contributed by atoms with E-state index in [0.29, 0.717) is 31.8 Å². The minimum atomic E-state index is -4.72. The van der Waals surface area contributed by atoms with Gasteiger partial charge in [0.15, 0.2) is 0 Å². The Morgan fingerprint density at radius 2 is 1.74 bits per heavy atom. The summed E-state index contributed by atoms with van der Waals surface area (Å²) in [6.07, 6.45) is -3.85. The summed E-state index contributed by atoms with van der Waals surface area (Å²) in [7, 11) is 0.